The average Bonchev–Trinajstić information content (AvgIpc) is 3.21. The summed E-state index contributed by atoms with van der Waals surface area (Å²) in [6.07, 6.45) is 0. The van der Waals surface area contributed by atoms with Crippen LogP contribution in [0.25, 0.3) is 5.00 Å². The summed E-state index contributed by atoms with van der Waals surface area (Å²) in [4.78, 5) is 17.7. The van der Waals surface area contributed by atoms with E-state index < -0.39 is 5.97 Å². The van der Waals surface area contributed by atoms with Crippen LogP contribution in [0, 0.1) is 32.6 Å². The zero-order chi connectivity index (χ0) is 21.4. The van der Waals surface area contributed by atoms with Crippen molar-refractivity contribution in [3.8, 4) is 16.8 Å². The van der Waals surface area contributed by atoms with Crippen LogP contribution in [-0.4, -0.2) is 33.1 Å². The summed E-state index contributed by atoms with van der Waals surface area (Å²) in [5, 5.41) is 9.77. The van der Waals surface area contributed by atoms with Gasteiger partial charge in [-0.2, -0.15) is 0 Å². The van der Waals surface area contributed by atoms with Crippen LogP contribution in [0.2, 0.25) is 0 Å². The zero-order valence-corrected chi connectivity index (χ0v) is 18.4. The van der Waals surface area contributed by atoms with E-state index in [9.17, 15) is 4.79 Å². The number of hydrogen-bond acceptors (Lipinski definition) is 6. The van der Waals surface area contributed by atoms with Crippen molar-refractivity contribution in [1.82, 2.24) is 14.8 Å². The predicted octanol–water partition coefficient (Wildman–Crippen LogP) is 4.08. The topological polar surface area (TPSA) is 69.4 Å². The lowest BCUT2D eigenvalue weighted by Crippen LogP contribution is -2.07. The summed E-state index contributed by atoms with van der Waals surface area (Å²) in [5.41, 5.74) is 5.03. The van der Waals surface area contributed by atoms with Gasteiger partial charge in [0.1, 0.15) is 16.9 Å². The van der Waals surface area contributed by atoms with Gasteiger partial charge in [-0.1, -0.05) is 18.1 Å². The Kier molecular flexibility index (Phi) is 5.27. The summed E-state index contributed by atoms with van der Waals surface area (Å²) in [7, 11) is 0. The van der Waals surface area contributed by atoms with Crippen molar-refractivity contribution in [2.45, 2.75) is 40.7 Å². The smallest absolute Gasteiger partial charge is 0.384 e. The van der Waals surface area contributed by atoms with E-state index in [1.54, 1.807) is 18.3 Å². The van der Waals surface area contributed by atoms with Gasteiger partial charge in [0.05, 0.1) is 12.3 Å². The molecule has 152 valence electrons. The Hall–Kier alpha value is -3.24. The van der Waals surface area contributed by atoms with Gasteiger partial charge < -0.3 is 4.74 Å². The van der Waals surface area contributed by atoms with E-state index in [0.29, 0.717) is 6.61 Å². The third-order valence-corrected chi connectivity index (χ3v) is 6.29. The highest BCUT2D eigenvalue weighted by Gasteiger charge is 2.29. The minimum absolute atomic E-state index is 0.121. The number of nitrogens with zero attached hydrogens (tertiary/aromatic N) is 4. The maximum atomic E-state index is 11.5. The molecule has 0 N–H and O–H groups in total. The zero-order valence-electron chi connectivity index (χ0n) is 17.6. The lowest BCUT2D eigenvalue weighted by atomic mass is 9.99. The van der Waals surface area contributed by atoms with Crippen molar-refractivity contribution in [1.29, 1.82) is 0 Å². The first-order valence-corrected chi connectivity index (χ1v) is 10.6. The molecule has 1 aliphatic heterocycles. The molecule has 0 saturated heterocycles. The molecule has 3 heterocycles. The molecule has 0 bridgehead atoms. The molecule has 6 nitrogen and oxygen atoms in total. The van der Waals surface area contributed by atoms with E-state index in [2.05, 4.69) is 40.5 Å². The Bertz CT molecular complexity index is 1220. The van der Waals surface area contributed by atoms with Crippen molar-refractivity contribution in [3.63, 3.8) is 0 Å². The van der Waals surface area contributed by atoms with E-state index in [0.717, 1.165) is 39.1 Å². The first-order valence-electron chi connectivity index (χ1n) is 9.80. The van der Waals surface area contributed by atoms with Crippen LogP contribution < -0.4 is 0 Å². The first kappa shape index (κ1) is 20.0. The van der Waals surface area contributed by atoms with Crippen molar-refractivity contribution < 1.29 is 9.53 Å². The molecule has 30 heavy (non-hydrogen) atoms. The molecule has 1 atom stereocenters. The second-order valence-corrected chi connectivity index (χ2v) is 8.31. The first-order chi connectivity index (χ1) is 14.4. The summed E-state index contributed by atoms with van der Waals surface area (Å²) in [6.45, 7) is 10.3. The monoisotopic (exact) mass is 418 g/mol. The molecule has 1 unspecified atom stereocenters. The molecule has 0 spiro atoms. The molecule has 3 aromatic rings. The standard InChI is InChI=1S/C23H22N4O2S/c1-6-29-19(28)12-9-17-7-10-18(11-8-17)21-20-13(2)15(4)30-23(20)27-16(5)25-26-22(27)14(3)24-21/h7-8,10-11,14H,6H2,1-5H3. The van der Waals surface area contributed by atoms with Crippen LogP contribution in [0.3, 0.4) is 0 Å². The quantitative estimate of drug-likeness (QED) is 0.464. The molecule has 0 saturated carbocycles. The maximum absolute atomic E-state index is 11.5. The molecule has 4 rings (SSSR count). The molecule has 2 aromatic heterocycles. The van der Waals surface area contributed by atoms with Crippen LogP contribution in [-0.2, 0) is 9.53 Å². The fourth-order valence-electron chi connectivity index (χ4n) is 3.48. The molecule has 7 heteroatoms. The lowest BCUT2D eigenvalue weighted by molar-refractivity contribution is -0.136. The number of aryl methyl sites for hydroxylation is 2. The molecular formula is C23H22N4O2S. The third-order valence-electron chi connectivity index (χ3n) is 5.10. The van der Waals surface area contributed by atoms with Crippen LogP contribution in [0.15, 0.2) is 29.3 Å². The number of carbonyl (C=O) groups is 1. The summed E-state index contributed by atoms with van der Waals surface area (Å²) in [5.74, 6) is 6.54. The van der Waals surface area contributed by atoms with Crippen molar-refractivity contribution >= 4 is 23.0 Å². The second kappa shape index (κ2) is 7.88. The van der Waals surface area contributed by atoms with Gasteiger partial charge in [0.25, 0.3) is 0 Å². The maximum Gasteiger partial charge on any atom is 0.384 e. The summed E-state index contributed by atoms with van der Waals surface area (Å²) < 4.78 is 6.98. The van der Waals surface area contributed by atoms with E-state index in [4.69, 9.17) is 9.73 Å². The van der Waals surface area contributed by atoms with Crippen molar-refractivity contribution in [2.75, 3.05) is 6.61 Å². The highest BCUT2D eigenvalue weighted by atomic mass is 32.1. The fourth-order valence-corrected chi connectivity index (χ4v) is 4.70. The van der Waals surface area contributed by atoms with Gasteiger partial charge in [0.2, 0.25) is 0 Å². The summed E-state index contributed by atoms with van der Waals surface area (Å²) >= 11 is 1.74. The number of aliphatic imine (C=N–C) groups is 1. The molecule has 1 aliphatic rings. The van der Waals surface area contributed by atoms with Gasteiger partial charge in [0, 0.05) is 27.5 Å². The highest BCUT2D eigenvalue weighted by Crippen LogP contribution is 2.38. The Morgan fingerprint density at radius 2 is 1.93 bits per heavy atom. The predicted molar refractivity (Wildman–Crippen MR) is 117 cm³/mol. The average molecular weight is 419 g/mol. The van der Waals surface area contributed by atoms with Gasteiger partial charge in [-0.3, -0.25) is 9.56 Å². The minimum atomic E-state index is -0.518. The number of fused-ring (bicyclic) bond motifs is 3. The number of aromatic nitrogens is 3. The number of hydrogen-bond donors (Lipinski definition) is 0. The number of benzene rings is 1. The molecule has 1 aromatic carbocycles. The van der Waals surface area contributed by atoms with Crippen molar-refractivity contribution in [2.24, 2.45) is 4.99 Å². The normalized spacial score (nSPS) is 14.7. The van der Waals surface area contributed by atoms with E-state index in [-0.39, 0.29) is 6.04 Å². The Balaban J connectivity index is 1.79. The number of rotatable bonds is 2. The third kappa shape index (κ3) is 3.44. The van der Waals surface area contributed by atoms with Crippen LogP contribution in [0.1, 0.15) is 58.7 Å². The molecule has 0 fully saturated rings. The van der Waals surface area contributed by atoms with Gasteiger partial charge >= 0.3 is 5.97 Å². The van der Waals surface area contributed by atoms with Gasteiger partial charge in [-0.25, -0.2) is 4.79 Å². The number of esters is 1. The van der Waals surface area contributed by atoms with E-state index in [1.807, 2.05) is 38.1 Å². The van der Waals surface area contributed by atoms with Crippen LogP contribution >= 0.6 is 11.3 Å². The van der Waals surface area contributed by atoms with Crippen LogP contribution in [0.4, 0.5) is 0 Å². The number of ether oxygens (including phenoxy) is 1. The van der Waals surface area contributed by atoms with E-state index >= 15 is 0 Å². The SMILES string of the molecule is CCOC(=O)C#Cc1ccc(C2=NC(C)c3nnc(C)n3-c3sc(C)c(C)c32)cc1. The largest absolute Gasteiger partial charge is 0.456 e. The van der Waals surface area contributed by atoms with Gasteiger partial charge in [0.15, 0.2) is 5.82 Å². The fraction of sp³-hybridized carbons (Fsp3) is 0.304. The Labute approximate surface area is 179 Å². The van der Waals surface area contributed by atoms with Gasteiger partial charge in [-0.15, -0.1) is 21.5 Å². The molecule has 0 amide bonds. The molecular weight excluding hydrogens is 396 g/mol. The van der Waals surface area contributed by atoms with Gasteiger partial charge in [-0.05, 0) is 52.3 Å². The number of thiophene rings is 1. The Morgan fingerprint density at radius 1 is 1.20 bits per heavy atom. The van der Waals surface area contributed by atoms with Crippen molar-refractivity contribution in [3.05, 3.63) is 63.0 Å². The molecule has 0 radical (unpaired) electrons. The minimum Gasteiger partial charge on any atom is -0.456 e. The highest BCUT2D eigenvalue weighted by molar-refractivity contribution is 7.15. The molecule has 0 aliphatic carbocycles. The summed E-state index contributed by atoms with van der Waals surface area (Å²) in [6, 6.07) is 7.67. The Morgan fingerprint density at radius 3 is 2.63 bits per heavy atom. The number of carbonyl (C=O) groups excluding carboxylic acids is 1. The van der Waals surface area contributed by atoms with E-state index in [1.165, 1.54) is 10.4 Å². The van der Waals surface area contributed by atoms with Crippen LogP contribution in [0.5, 0.6) is 0 Å². The lowest BCUT2D eigenvalue weighted by Gasteiger charge is -2.09. The second-order valence-electron chi connectivity index (χ2n) is 7.11.